The minimum atomic E-state index is -0.200. The molecule has 1 saturated heterocycles. The summed E-state index contributed by atoms with van der Waals surface area (Å²) in [5.41, 5.74) is 0. The minimum absolute atomic E-state index is 0.200. The Morgan fingerprint density at radius 2 is 1.67 bits per heavy atom. The maximum absolute atomic E-state index is 11.1. The molecule has 1 rings (SSSR count). The van der Waals surface area contributed by atoms with Gasteiger partial charge in [-0.2, -0.15) is 5.06 Å². The lowest BCUT2D eigenvalue weighted by Crippen LogP contribution is -2.29. The van der Waals surface area contributed by atoms with E-state index in [1.165, 1.54) is 19.3 Å². The van der Waals surface area contributed by atoms with E-state index >= 15 is 0 Å². The van der Waals surface area contributed by atoms with Gasteiger partial charge in [0, 0.05) is 12.8 Å². The number of unbranched alkanes of at least 4 members (excludes halogenated alkanes) is 4. The summed E-state index contributed by atoms with van der Waals surface area (Å²) < 4.78 is 0. The lowest BCUT2D eigenvalue weighted by molar-refractivity contribution is -0.187. The van der Waals surface area contributed by atoms with Gasteiger partial charge in [-0.05, 0) is 6.42 Å². The molecule has 1 aliphatic rings. The van der Waals surface area contributed by atoms with Gasteiger partial charge in [-0.1, -0.05) is 32.6 Å². The zero-order valence-corrected chi connectivity index (χ0v) is 9.33. The summed E-state index contributed by atoms with van der Waals surface area (Å²) in [6.07, 6.45) is 6.26. The summed E-state index contributed by atoms with van der Waals surface area (Å²) in [7, 11) is 0. The van der Waals surface area contributed by atoms with Gasteiger partial charge in [0.25, 0.3) is 11.8 Å². The van der Waals surface area contributed by atoms with Crippen LogP contribution in [0.4, 0.5) is 0 Å². The molecule has 4 heteroatoms. The monoisotopic (exact) mass is 213 g/mol. The highest BCUT2D eigenvalue weighted by atomic mass is 16.7. The van der Waals surface area contributed by atoms with E-state index in [0.29, 0.717) is 19.4 Å². The van der Waals surface area contributed by atoms with E-state index in [2.05, 4.69) is 6.92 Å². The van der Waals surface area contributed by atoms with Crippen LogP contribution in [0.2, 0.25) is 0 Å². The molecule has 0 spiro atoms. The predicted molar refractivity (Wildman–Crippen MR) is 55.8 cm³/mol. The van der Waals surface area contributed by atoms with Gasteiger partial charge in [-0.3, -0.25) is 14.4 Å². The first-order valence-electron chi connectivity index (χ1n) is 5.74. The number of rotatable bonds is 7. The normalized spacial score (nSPS) is 16.5. The summed E-state index contributed by atoms with van der Waals surface area (Å²) in [6.45, 7) is 2.64. The van der Waals surface area contributed by atoms with Crippen LogP contribution in [0.3, 0.4) is 0 Å². The summed E-state index contributed by atoms with van der Waals surface area (Å²) in [5, 5.41) is 0.930. The molecule has 1 heterocycles. The molecule has 0 bridgehead atoms. The minimum Gasteiger partial charge on any atom is -0.272 e. The van der Waals surface area contributed by atoms with Crippen molar-refractivity contribution in [2.45, 2.75) is 51.9 Å². The van der Waals surface area contributed by atoms with E-state index < -0.39 is 0 Å². The van der Waals surface area contributed by atoms with E-state index in [4.69, 9.17) is 4.84 Å². The van der Waals surface area contributed by atoms with Gasteiger partial charge in [-0.25, -0.2) is 0 Å². The highest BCUT2D eigenvalue weighted by molar-refractivity contribution is 6.00. The Kier molecular flexibility index (Phi) is 5.32. The smallest absolute Gasteiger partial charge is 0.253 e. The van der Waals surface area contributed by atoms with Crippen molar-refractivity contribution in [3.8, 4) is 0 Å². The molecule has 1 aliphatic heterocycles. The Morgan fingerprint density at radius 1 is 1.07 bits per heavy atom. The van der Waals surface area contributed by atoms with Crippen molar-refractivity contribution in [3.63, 3.8) is 0 Å². The van der Waals surface area contributed by atoms with Crippen molar-refractivity contribution in [2.75, 3.05) is 6.61 Å². The number of amides is 2. The Bertz CT molecular complexity index is 212. The highest BCUT2D eigenvalue weighted by Crippen LogP contribution is 2.12. The van der Waals surface area contributed by atoms with Crippen molar-refractivity contribution in [3.05, 3.63) is 0 Å². The van der Waals surface area contributed by atoms with Gasteiger partial charge in [0.15, 0.2) is 0 Å². The number of hydrogen-bond donors (Lipinski definition) is 0. The SMILES string of the molecule is CCCCCCCON1C(=O)CCC1=O. The number of carbonyl (C=O) groups excluding carboxylic acids is 2. The lowest BCUT2D eigenvalue weighted by atomic mass is 10.2. The molecule has 0 aromatic carbocycles. The summed E-state index contributed by atoms with van der Waals surface area (Å²) >= 11 is 0. The highest BCUT2D eigenvalue weighted by Gasteiger charge is 2.29. The third-order valence-electron chi connectivity index (χ3n) is 2.47. The van der Waals surface area contributed by atoms with E-state index in [0.717, 1.165) is 17.9 Å². The van der Waals surface area contributed by atoms with Crippen LogP contribution in [0.15, 0.2) is 0 Å². The fraction of sp³-hybridized carbons (Fsp3) is 0.818. The molecule has 0 N–H and O–H groups in total. The maximum Gasteiger partial charge on any atom is 0.253 e. The average molecular weight is 213 g/mol. The van der Waals surface area contributed by atoms with Crippen LogP contribution < -0.4 is 0 Å². The summed E-state index contributed by atoms with van der Waals surface area (Å²) in [6, 6.07) is 0. The number of hydrogen-bond acceptors (Lipinski definition) is 3. The maximum atomic E-state index is 11.1. The van der Waals surface area contributed by atoms with Gasteiger partial charge in [0.05, 0.1) is 6.61 Å². The fourth-order valence-corrected chi connectivity index (χ4v) is 1.56. The third-order valence-corrected chi connectivity index (χ3v) is 2.47. The second-order valence-corrected chi connectivity index (χ2v) is 3.83. The number of hydroxylamine groups is 2. The topological polar surface area (TPSA) is 46.6 Å². The number of nitrogens with zero attached hydrogens (tertiary/aromatic N) is 1. The molecule has 0 aromatic rings. The van der Waals surface area contributed by atoms with Crippen LogP contribution in [-0.4, -0.2) is 23.5 Å². The molecular weight excluding hydrogens is 194 g/mol. The molecule has 0 aliphatic carbocycles. The number of carbonyl (C=O) groups is 2. The van der Waals surface area contributed by atoms with Crippen LogP contribution in [0.1, 0.15) is 51.9 Å². The van der Waals surface area contributed by atoms with Crippen molar-refractivity contribution < 1.29 is 14.4 Å². The van der Waals surface area contributed by atoms with E-state index in [-0.39, 0.29) is 11.8 Å². The fourth-order valence-electron chi connectivity index (χ4n) is 1.56. The van der Waals surface area contributed by atoms with Crippen molar-refractivity contribution in [1.29, 1.82) is 0 Å². The zero-order chi connectivity index (χ0) is 11.1. The van der Waals surface area contributed by atoms with E-state index in [1.54, 1.807) is 0 Å². The van der Waals surface area contributed by atoms with Crippen LogP contribution in [0.5, 0.6) is 0 Å². The van der Waals surface area contributed by atoms with Gasteiger partial charge >= 0.3 is 0 Å². The molecule has 86 valence electrons. The first-order chi connectivity index (χ1) is 7.25. The van der Waals surface area contributed by atoms with Crippen molar-refractivity contribution in [1.82, 2.24) is 5.06 Å². The molecule has 4 nitrogen and oxygen atoms in total. The second-order valence-electron chi connectivity index (χ2n) is 3.83. The van der Waals surface area contributed by atoms with Gasteiger partial charge in [0.2, 0.25) is 0 Å². The van der Waals surface area contributed by atoms with E-state index in [1.807, 2.05) is 0 Å². The molecule has 0 unspecified atom stereocenters. The number of imide groups is 1. The lowest BCUT2D eigenvalue weighted by Gasteiger charge is -2.12. The molecule has 2 amide bonds. The molecular formula is C11H19NO3. The third kappa shape index (κ3) is 4.00. The largest absolute Gasteiger partial charge is 0.272 e. The first kappa shape index (κ1) is 12.2. The Morgan fingerprint density at radius 3 is 2.27 bits per heavy atom. The van der Waals surface area contributed by atoms with Crippen molar-refractivity contribution in [2.24, 2.45) is 0 Å². The molecule has 0 atom stereocenters. The average Bonchev–Trinajstić information content (AvgIpc) is 2.54. The quantitative estimate of drug-likeness (QED) is 0.480. The first-order valence-corrected chi connectivity index (χ1v) is 5.74. The summed E-state index contributed by atoms with van der Waals surface area (Å²) in [4.78, 5) is 27.4. The van der Waals surface area contributed by atoms with Gasteiger partial charge in [-0.15, -0.1) is 0 Å². The van der Waals surface area contributed by atoms with Crippen LogP contribution in [0, 0.1) is 0 Å². The molecule has 1 fully saturated rings. The van der Waals surface area contributed by atoms with Crippen LogP contribution >= 0.6 is 0 Å². The van der Waals surface area contributed by atoms with E-state index in [9.17, 15) is 9.59 Å². The standard InChI is InChI=1S/C11H19NO3/c1-2-3-4-5-6-9-15-12-10(13)7-8-11(12)14/h2-9H2,1H3. The van der Waals surface area contributed by atoms with Gasteiger partial charge in [0.1, 0.15) is 0 Å². The van der Waals surface area contributed by atoms with Crippen LogP contribution in [0.25, 0.3) is 0 Å². The van der Waals surface area contributed by atoms with Crippen molar-refractivity contribution >= 4 is 11.8 Å². The molecule has 0 aromatic heterocycles. The van der Waals surface area contributed by atoms with Gasteiger partial charge < -0.3 is 0 Å². The Hall–Kier alpha value is -0.900. The second kappa shape index (κ2) is 6.56. The predicted octanol–water partition coefficient (Wildman–Crippen LogP) is 2.04. The molecule has 15 heavy (non-hydrogen) atoms. The summed E-state index contributed by atoms with van der Waals surface area (Å²) in [5.74, 6) is -0.401. The molecule has 0 saturated carbocycles. The molecule has 0 radical (unpaired) electrons. The Labute approximate surface area is 90.5 Å². The Balaban J connectivity index is 2.04. The zero-order valence-electron chi connectivity index (χ0n) is 9.33. The van der Waals surface area contributed by atoms with Crippen LogP contribution in [-0.2, 0) is 14.4 Å².